The predicted molar refractivity (Wildman–Crippen MR) is 64.5 cm³/mol. The lowest BCUT2D eigenvalue weighted by Gasteiger charge is -2.17. The van der Waals surface area contributed by atoms with E-state index in [1.165, 1.54) is 30.8 Å². The highest BCUT2D eigenvalue weighted by molar-refractivity contribution is 7.99. The van der Waals surface area contributed by atoms with Gasteiger partial charge in [-0.25, -0.2) is 0 Å². The molecule has 2 N–H and O–H groups in total. The van der Waals surface area contributed by atoms with Crippen molar-refractivity contribution in [2.45, 2.75) is 19.2 Å². The molecule has 0 saturated heterocycles. The van der Waals surface area contributed by atoms with Crippen LogP contribution in [0, 0.1) is 11.8 Å². The molecule has 0 spiro atoms. The van der Waals surface area contributed by atoms with Crippen LogP contribution in [-0.4, -0.2) is 33.9 Å². The Morgan fingerprint density at radius 3 is 2.76 bits per heavy atom. The maximum absolute atomic E-state index is 11.5. The number of carbonyl (C=O) groups is 3. The van der Waals surface area contributed by atoms with Crippen molar-refractivity contribution in [1.82, 2.24) is 5.32 Å². The Balaban J connectivity index is 2.48. The van der Waals surface area contributed by atoms with Gasteiger partial charge in [-0.2, -0.15) is 0 Å². The number of amides is 1. The van der Waals surface area contributed by atoms with Crippen molar-refractivity contribution >= 4 is 29.4 Å². The van der Waals surface area contributed by atoms with Crippen molar-refractivity contribution in [2.75, 3.05) is 5.75 Å². The zero-order chi connectivity index (χ0) is 13.0. The molecule has 17 heavy (non-hydrogen) atoms. The number of hydrogen-bond donors (Lipinski definition) is 2. The number of carboxylic acid groups (broad SMARTS) is 1. The summed E-state index contributed by atoms with van der Waals surface area (Å²) in [5, 5.41) is 11.5. The number of hydrogen-bond acceptors (Lipinski definition) is 4. The van der Waals surface area contributed by atoms with E-state index < -0.39 is 17.8 Å². The molecule has 0 aromatic heterocycles. The molecule has 0 fully saturated rings. The summed E-state index contributed by atoms with van der Waals surface area (Å²) in [5.41, 5.74) is 0. The molecule has 0 aromatic rings. The first-order valence-electron chi connectivity index (χ1n) is 5.25. The Bertz CT molecular complexity index is 366. The van der Waals surface area contributed by atoms with Gasteiger partial charge in [-0.05, 0) is 13.0 Å². The van der Waals surface area contributed by atoms with E-state index in [2.05, 4.69) is 5.32 Å². The third-order valence-corrected chi connectivity index (χ3v) is 3.65. The van der Waals surface area contributed by atoms with Crippen molar-refractivity contribution in [3.8, 4) is 0 Å². The largest absolute Gasteiger partial charge is 0.481 e. The molecule has 1 aliphatic rings. The summed E-state index contributed by atoms with van der Waals surface area (Å²) in [6, 6.07) is 0. The van der Waals surface area contributed by atoms with Gasteiger partial charge in [0.1, 0.15) is 0 Å². The number of aliphatic carboxylic acids is 1. The Labute approximate surface area is 104 Å². The topological polar surface area (TPSA) is 83.5 Å². The summed E-state index contributed by atoms with van der Waals surface area (Å²) in [6.45, 7) is 3.22. The molecule has 3 unspecified atom stereocenters. The van der Waals surface area contributed by atoms with Gasteiger partial charge in [-0.3, -0.25) is 14.4 Å². The predicted octanol–water partition coefficient (Wildman–Crippen LogP) is 0.658. The standard InChI is InChI=1S/C11H15NO4S/c1-6(13)12-7(2)17-5-9-8(11(15)16)3-4-10(9)14/h3-4,7-9H,5H2,1-2H3,(H,12,13)(H,15,16). The molecule has 6 heteroatoms. The minimum absolute atomic E-state index is 0.129. The van der Waals surface area contributed by atoms with Crippen LogP contribution in [0.1, 0.15) is 13.8 Å². The quantitative estimate of drug-likeness (QED) is 0.707. The van der Waals surface area contributed by atoms with Crippen LogP contribution in [0.3, 0.4) is 0 Å². The number of ketones is 1. The van der Waals surface area contributed by atoms with E-state index in [0.29, 0.717) is 5.75 Å². The maximum Gasteiger partial charge on any atom is 0.311 e. The van der Waals surface area contributed by atoms with Crippen molar-refractivity contribution in [3.63, 3.8) is 0 Å². The molecule has 3 atom stereocenters. The lowest BCUT2D eigenvalue weighted by molar-refractivity contribution is -0.142. The number of carbonyl (C=O) groups excluding carboxylic acids is 2. The van der Waals surface area contributed by atoms with Crippen molar-refractivity contribution in [3.05, 3.63) is 12.2 Å². The second kappa shape index (κ2) is 5.86. The molecular formula is C11H15NO4S. The smallest absolute Gasteiger partial charge is 0.311 e. The van der Waals surface area contributed by atoms with Gasteiger partial charge in [0.05, 0.1) is 11.3 Å². The third kappa shape index (κ3) is 3.89. The zero-order valence-electron chi connectivity index (χ0n) is 9.67. The van der Waals surface area contributed by atoms with Gasteiger partial charge in [-0.15, -0.1) is 11.8 Å². The van der Waals surface area contributed by atoms with Crippen LogP contribution in [0.25, 0.3) is 0 Å². The molecule has 0 radical (unpaired) electrons. The Morgan fingerprint density at radius 1 is 1.59 bits per heavy atom. The molecule has 94 valence electrons. The highest BCUT2D eigenvalue weighted by atomic mass is 32.2. The second-order valence-electron chi connectivity index (χ2n) is 3.91. The zero-order valence-corrected chi connectivity index (χ0v) is 10.5. The Kier molecular flexibility index (Phi) is 4.74. The minimum Gasteiger partial charge on any atom is -0.481 e. The SMILES string of the molecule is CC(=O)NC(C)SCC1C(=O)C=CC1C(=O)O. The van der Waals surface area contributed by atoms with Gasteiger partial charge in [0.2, 0.25) is 5.91 Å². The maximum atomic E-state index is 11.5. The first-order valence-corrected chi connectivity index (χ1v) is 6.30. The number of thioether (sulfide) groups is 1. The van der Waals surface area contributed by atoms with Crippen LogP contribution >= 0.6 is 11.8 Å². The summed E-state index contributed by atoms with van der Waals surface area (Å²) in [7, 11) is 0. The van der Waals surface area contributed by atoms with Gasteiger partial charge in [-0.1, -0.05) is 6.08 Å². The van der Waals surface area contributed by atoms with E-state index in [9.17, 15) is 14.4 Å². The van der Waals surface area contributed by atoms with Gasteiger partial charge in [0, 0.05) is 18.6 Å². The van der Waals surface area contributed by atoms with E-state index in [-0.39, 0.29) is 17.1 Å². The molecule has 0 aliphatic heterocycles. The fourth-order valence-corrected chi connectivity index (χ4v) is 2.77. The summed E-state index contributed by atoms with van der Waals surface area (Å²) >= 11 is 1.37. The molecule has 1 amide bonds. The Hall–Kier alpha value is -1.30. The van der Waals surface area contributed by atoms with Crippen molar-refractivity contribution in [2.24, 2.45) is 11.8 Å². The number of nitrogens with one attached hydrogen (secondary N) is 1. The normalized spacial score (nSPS) is 24.7. The lowest BCUT2D eigenvalue weighted by atomic mass is 9.97. The number of carboxylic acids is 1. The van der Waals surface area contributed by atoms with Crippen LogP contribution in [0.15, 0.2) is 12.2 Å². The molecule has 1 aliphatic carbocycles. The van der Waals surface area contributed by atoms with Gasteiger partial charge >= 0.3 is 5.97 Å². The highest BCUT2D eigenvalue weighted by Gasteiger charge is 2.35. The fourth-order valence-electron chi connectivity index (χ4n) is 1.65. The van der Waals surface area contributed by atoms with Crippen molar-refractivity contribution < 1.29 is 19.5 Å². The summed E-state index contributed by atoms with van der Waals surface area (Å²) in [4.78, 5) is 33.2. The molecule has 0 saturated carbocycles. The second-order valence-corrected chi connectivity index (χ2v) is 5.28. The van der Waals surface area contributed by atoms with Crippen LogP contribution in [-0.2, 0) is 14.4 Å². The van der Waals surface area contributed by atoms with Crippen LogP contribution in [0.4, 0.5) is 0 Å². The van der Waals surface area contributed by atoms with Crippen molar-refractivity contribution in [1.29, 1.82) is 0 Å². The van der Waals surface area contributed by atoms with Gasteiger partial charge in [0.15, 0.2) is 5.78 Å². The Morgan fingerprint density at radius 2 is 2.24 bits per heavy atom. The van der Waals surface area contributed by atoms with E-state index in [0.717, 1.165) is 0 Å². The fraction of sp³-hybridized carbons (Fsp3) is 0.545. The number of allylic oxidation sites excluding steroid dienone is 1. The highest BCUT2D eigenvalue weighted by Crippen LogP contribution is 2.27. The van der Waals surface area contributed by atoms with Crippen LogP contribution in [0.5, 0.6) is 0 Å². The minimum atomic E-state index is -0.982. The summed E-state index contributed by atoms with van der Waals surface area (Å²) < 4.78 is 0. The summed E-state index contributed by atoms with van der Waals surface area (Å²) in [5.74, 6) is -2.14. The molecule has 5 nitrogen and oxygen atoms in total. The first-order chi connectivity index (χ1) is 7.91. The lowest BCUT2D eigenvalue weighted by Crippen LogP contribution is -2.31. The van der Waals surface area contributed by atoms with E-state index in [1.807, 2.05) is 0 Å². The first kappa shape index (κ1) is 13.8. The van der Waals surface area contributed by atoms with Gasteiger partial charge in [0.25, 0.3) is 0 Å². The van der Waals surface area contributed by atoms with Crippen LogP contribution < -0.4 is 5.32 Å². The summed E-state index contributed by atoms with van der Waals surface area (Å²) in [6.07, 6.45) is 2.76. The van der Waals surface area contributed by atoms with E-state index >= 15 is 0 Å². The van der Waals surface area contributed by atoms with Gasteiger partial charge < -0.3 is 10.4 Å². The molecule has 0 heterocycles. The third-order valence-electron chi connectivity index (χ3n) is 2.48. The van der Waals surface area contributed by atoms with E-state index in [4.69, 9.17) is 5.11 Å². The van der Waals surface area contributed by atoms with E-state index in [1.54, 1.807) is 6.92 Å². The monoisotopic (exact) mass is 257 g/mol. The number of rotatable bonds is 5. The molecule has 0 bridgehead atoms. The van der Waals surface area contributed by atoms with Crippen LogP contribution in [0.2, 0.25) is 0 Å². The molecule has 0 aromatic carbocycles. The molecule has 1 rings (SSSR count). The molecular weight excluding hydrogens is 242 g/mol. The average Bonchev–Trinajstić information content (AvgIpc) is 2.55. The average molecular weight is 257 g/mol.